The van der Waals surface area contributed by atoms with Crippen molar-refractivity contribution < 1.29 is 31.9 Å². The van der Waals surface area contributed by atoms with E-state index in [1.54, 1.807) is 0 Å². The van der Waals surface area contributed by atoms with Gasteiger partial charge in [-0.3, -0.25) is 9.59 Å². The molecule has 5 rings (SSSR count). The summed E-state index contributed by atoms with van der Waals surface area (Å²) in [5, 5.41) is 6.89. The first-order valence-electron chi connectivity index (χ1n) is 12.3. The van der Waals surface area contributed by atoms with Crippen molar-refractivity contribution in [3.8, 4) is 17.1 Å². The molecule has 4 heterocycles. The fourth-order valence-electron chi connectivity index (χ4n) is 4.09. The third kappa shape index (κ3) is 5.80. The number of nitrogens with one attached hydrogen (secondary N) is 1. The molecule has 0 radical (unpaired) electrons. The molecule has 0 bridgehead atoms. The summed E-state index contributed by atoms with van der Waals surface area (Å²) < 4.78 is 53.3. The van der Waals surface area contributed by atoms with Crippen molar-refractivity contribution in [2.24, 2.45) is 5.73 Å². The second-order valence-corrected chi connectivity index (χ2v) is 11.1. The number of fused-ring (bicyclic) bond motifs is 1. The number of hydrogen-bond donors (Lipinski definition) is 2. The summed E-state index contributed by atoms with van der Waals surface area (Å²) in [6.45, 7) is 6.35. The molecule has 41 heavy (non-hydrogen) atoms. The number of nitrogens with zero attached hydrogens (tertiary/aromatic N) is 3. The molecule has 0 saturated heterocycles. The summed E-state index contributed by atoms with van der Waals surface area (Å²) in [6.07, 6.45) is -1.94. The number of alkyl halides is 3. The van der Waals surface area contributed by atoms with E-state index >= 15 is 0 Å². The Morgan fingerprint density at radius 1 is 1.12 bits per heavy atom. The van der Waals surface area contributed by atoms with Crippen molar-refractivity contribution >= 4 is 39.1 Å². The van der Waals surface area contributed by atoms with Crippen LogP contribution in [-0.4, -0.2) is 26.6 Å². The van der Waals surface area contributed by atoms with Crippen molar-refractivity contribution in [2.45, 2.75) is 39.1 Å². The van der Waals surface area contributed by atoms with Crippen molar-refractivity contribution in [3.05, 3.63) is 82.8 Å². The zero-order valence-corrected chi connectivity index (χ0v) is 22.9. The lowest BCUT2D eigenvalue weighted by atomic mass is 9.87. The number of carbonyl (C=O) groups excluding carboxylic acids is 2. The number of amides is 2. The SMILES string of the molecule is CC(C)(C)c1ccc(OCn2ccc(C(=O)Nc3c(C(N)=O)sc4nc(C(F)(F)F)cc(-c5ccco5)c34)n2)cc1. The number of hydrogen-bond acceptors (Lipinski definition) is 7. The third-order valence-electron chi connectivity index (χ3n) is 6.16. The maximum absolute atomic E-state index is 13.6. The van der Waals surface area contributed by atoms with Crippen molar-refractivity contribution in [1.82, 2.24) is 14.8 Å². The summed E-state index contributed by atoms with van der Waals surface area (Å²) in [5.74, 6) is -0.958. The molecule has 0 unspecified atom stereocenters. The predicted octanol–water partition coefficient (Wildman–Crippen LogP) is 6.46. The number of ether oxygens (including phenoxy) is 1. The van der Waals surface area contributed by atoms with Crippen LogP contribution in [0.2, 0.25) is 0 Å². The van der Waals surface area contributed by atoms with E-state index in [0.29, 0.717) is 17.1 Å². The lowest BCUT2D eigenvalue weighted by Crippen LogP contribution is -2.18. The molecule has 9 nitrogen and oxygen atoms in total. The van der Waals surface area contributed by atoms with Gasteiger partial charge in [-0.15, -0.1) is 11.3 Å². The minimum absolute atomic E-state index is 0.000336. The maximum atomic E-state index is 13.6. The molecule has 0 atom stereocenters. The number of carbonyl (C=O) groups is 2. The lowest BCUT2D eigenvalue weighted by Gasteiger charge is -2.19. The summed E-state index contributed by atoms with van der Waals surface area (Å²) >= 11 is 0.637. The molecule has 0 aliphatic heterocycles. The van der Waals surface area contributed by atoms with Crippen LogP contribution in [-0.2, 0) is 18.3 Å². The fraction of sp³-hybridized carbons (Fsp3) is 0.214. The normalized spacial score (nSPS) is 12.0. The summed E-state index contributed by atoms with van der Waals surface area (Å²) in [6, 6.07) is 12.8. The van der Waals surface area contributed by atoms with E-state index in [2.05, 4.69) is 36.2 Å². The molecule has 2 amide bonds. The van der Waals surface area contributed by atoms with Gasteiger partial charge in [0.05, 0.1) is 12.0 Å². The standard InChI is InChI=1S/C28H24F3N5O4S/c1-27(2,3)15-6-8-16(9-7-15)40-14-36-11-10-18(35-36)25(38)34-22-21-17(19-5-4-12-39-19)13-20(28(29,30)31)33-26(21)41-23(22)24(32)37/h4-13H,14H2,1-3H3,(H2,32,37)(H,34,38). The van der Waals surface area contributed by atoms with Gasteiger partial charge in [0.25, 0.3) is 11.8 Å². The Morgan fingerprint density at radius 2 is 1.85 bits per heavy atom. The monoisotopic (exact) mass is 583 g/mol. The van der Waals surface area contributed by atoms with Gasteiger partial charge in [0.15, 0.2) is 12.4 Å². The molecule has 0 spiro atoms. The highest BCUT2D eigenvalue weighted by molar-refractivity contribution is 7.21. The van der Waals surface area contributed by atoms with Gasteiger partial charge in [0.1, 0.15) is 26.9 Å². The number of halogens is 3. The Kier molecular flexibility index (Phi) is 7.07. The highest BCUT2D eigenvalue weighted by atomic mass is 32.1. The molecule has 212 valence electrons. The molecule has 1 aromatic carbocycles. The quantitative estimate of drug-likeness (QED) is 0.227. The number of aromatic nitrogens is 3. The van der Waals surface area contributed by atoms with Gasteiger partial charge in [-0.1, -0.05) is 32.9 Å². The first-order chi connectivity index (χ1) is 19.3. The van der Waals surface area contributed by atoms with E-state index in [1.165, 1.54) is 35.3 Å². The number of rotatable bonds is 7. The van der Waals surface area contributed by atoms with Gasteiger partial charge in [0.2, 0.25) is 0 Å². The number of nitrogens with two attached hydrogens (primary N) is 1. The number of benzene rings is 1. The minimum Gasteiger partial charge on any atom is -0.471 e. The van der Waals surface area contributed by atoms with Gasteiger partial charge in [0, 0.05) is 17.1 Å². The van der Waals surface area contributed by atoms with Crippen LogP contribution >= 0.6 is 11.3 Å². The Labute approximate surface area is 235 Å². The van der Waals surface area contributed by atoms with Crippen LogP contribution in [0.5, 0.6) is 5.75 Å². The Hall–Kier alpha value is -4.65. The van der Waals surface area contributed by atoms with Crippen molar-refractivity contribution in [2.75, 3.05) is 5.32 Å². The van der Waals surface area contributed by atoms with Crippen molar-refractivity contribution in [1.29, 1.82) is 0 Å². The first kappa shape index (κ1) is 27.9. The lowest BCUT2D eigenvalue weighted by molar-refractivity contribution is -0.140. The van der Waals surface area contributed by atoms with Gasteiger partial charge in [-0.25, -0.2) is 9.67 Å². The second kappa shape index (κ2) is 10.4. The zero-order chi connectivity index (χ0) is 29.5. The van der Waals surface area contributed by atoms with Gasteiger partial charge in [-0.05, 0) is 47.4 Å². The zero-order valence-electron chi connectivity index (χ0n) is 22.1. The van der Waals surface area contributed by atoms with E-state index in [9.17, 15) is 22.8 Å². The Bertz CT molecular complexity index is 1730. The highest BCUT2D eigenvalue weighted by Gasteiger charge is 2.35. The molecule has 4 aromatic heterocycles. The number of furan rings is 1. The Balaban J connectivity index is 1.43. The molecular weight excluding hydrogens is 559 g/mol. The molecule has 0 fully saturated rings. The van der Waals surface area contributed by atoms with Crippen LogP contribution < -0.4 is 15.8 Å². The van der Waals surface area contributed by atoms with Gasteiger partial charge < -0.3 is 20.2 Å². The molecule has 5 aromatic rings. The highest BCUT2D eigenvalue weighted by Crippen LogP contribution is 2.43. The Morgan fingerprint density at radius 3 is 2.46 bits per heavy atom. The van der Waals surface area contributed by atoms with E-state index < -0.39 is 23.7 Å². The molecule has 0 aliphatic rings. The van der Waals surface area contributed by atoms with Crippen LogP contribution in [0.1, 0.15) is 52.2 Å². The summed E-state index contributed by atoms with van der Waals surface area (Å²) in [5.41, 5.74) is 5.38. The number of primary amides is 1. The fourth-order valence-corrected chi connectivity index (χ4v) is 5.09. The maximum Gasteiger partial charge on any atom is 0.433 e. The van der Waals surface area contributed by atoms with Crippen LogP contribution in [0.25, 0.3) is 21.5 Å². The third-order valence-corrected chi connectivity index (χ3v) is 7.26. The van der Waals surface area contributed by atoms with Crippen molar-refractivity contribution in [3.63, 3.8) is 0 Å². The van der Waals surface area contributed by atoms with E-state index in [0.717, 1.165) is 11.6 Å². The molecular formula is C28H24F3N5O4S. The number of anilines is 1. The average molecular weight is 584 g/mol. The summed E-state index contributed by atoms with van der Waals surface area (Å²) in [4.78, 5) is 28.8. The first-order valence-corrected chi connectivity index (χ1v) is 13.1. The van der Waals surface area contributed by atoms with Gasteiger partial charge >= 0.3 is 6.18 Å². The molecule has 0 aliphatic carbocycles. The van der Waals surface area contributed by atoms with Crippen LogP contribution in [0.3, 0.4) is 0 Å². The number of thiophene rings is 1. The molecule has 13 heteroatoms. The van der Waals surface area contributed by atoms with E-state index in [4.69, 9.17) is 14.9 Å². The second-order valence-electron chi connectivity index (χ2n) is 10.1. The summed E-state index contributed by atoms with van der Waals surface area (Å²) in [7, 11) is 0. The minimum atomic E-state index is -4.76. The molecule has 3 N–H and O–H groups in total. The van der Waals surface area contributed by atoms with Crippen LogP contribution in [0, 0.1) is 0 Å². The number of pyridine rings is 1. The van der Waals surface area contributed by atoms with Gasteiger partial charge in [-0.2, -0.15) is 18.3 Å². The largest absolute Gasteiger partial charge is 0.471 e. The van der Waals surface area contributed by atoms with E-state index in [-0.39, 0.29) is 49.9 Å². The van der Waals surface area contributed by atoms with E-state index in [1.807, 2.05) is 24.3 Å². The van der Waals surface area contributed by atoms with Crippen LogP contribution in [0.4, 0.5) is 18.9 Å². The molecule has 0 saturated carbocycles. The predicted molar refractivity (Wildman–Crippen MR) is 147 cm³/mol. The topological polar surface area (TPSA) is 125 Å². The average Bonchev–Trinajstić information content (AvgIpc) is 3.66. The van der Waals surface area contributed by atoms with Crippen LogP contribution in [0.15, 0.2) is 65.4 Å². The smallest absolute Gasteiger partial charge is 0.433 e.